The van der Waals surface area contributed by atoms with Crippen molar-refractivity contribution in [1.29, 1.82) is 0 Å². The zero-order chi connectivity index (χ0) is 9.68. The number of carbonyl (C=O) groups is 1. The van der Waals surface area contributed by atoms with Crippen molar-refractivity contribution in [2.45, 2.75) is 0 Å². The fourth-order valence-corrected chi connectivity index (χ4v) is 0.893. The van der Waals surface area contributed by atoms with Gasteiger partial charge in [0.1, 0.15) is 11.4 Å². The molecule has 0 fully saturated rings. The van der Waals surface area contributed by atoms with Crippen LogP contribution in [0.4, 0.5) is 5.82 Å². The average molecular weight is 182 g/mol. The first-order valence-corrected chi connectivity index (χ1v) is 3.78. The lowest BCUT2D eigenvalue weighted by Gasteiger charge is -2.05. The van der Waals surface area contributed by atoms with E-state index in [9.17, 15) is 4.79 Å². The van der Waals surface area contributed by atoms with Gasteiger partial charge in [-0.15, -0.1) is 0 Å². The topological polar surface area (TPSA) is 82.5 Å². The van der Waals surface area contributed by atoms with Crippen molar-refractivity contribution in [1.82, 2.24) is 4.98 Å². The molecule has 5 heteroatoms. The maximum absolute atomic E-state index is 10.6. The molecule has 70 valence electrons. The highest BCUT2D eigenvalue weighted by Crippen LogP contribution is 2.10. The number of rotatable bonds is 4. The van der Waals surface area contributed by atoms with E-state index in [4.69, 9.17) is 10.2 Å². The summed E-state index contributed by atoms with van der Waals surface area (Å²) in [7, 11) is 0. The zero-order valence-electron chi connectivity index (χ0n) is 6.90. The predicted octanol–water partition coefficient (Wildman–Crippen LogP) is 0.184. The lowest BCUT2D eigenvalue weighted by molar-refractivity contribution is 0.0697. The molecule has 0 unspecified atom stereocenters. The number of nitrogens with one attached hydrogen (secondary N) is 1. The Bertz CT molecular complexity index is 301. The van der Waals surface area contributed by atoms with Crippen LogP contribution in [-0.2, 0) is 0 Å². The zero-order valence-corrected chi connectivity index (χ0v) is 6.90. The van der Waals surface area contributed by atoms with E-state index in [1.54, 1.807) is 6.07 Å². The first-order valence-electron chi connectivity index (χ1n) is 3.78. The van der Waals surface area contributed by atoms with E-state index in [0.29, 0.717) is 0 Å². The largest absolute Gasteiger partial charge is 0.478 e. The summed E-state index contributed by atoms with van der Waals surface area (Å²) < 4.78 is 0. The van der Waals surface area contributed by atoms with E-state index in [-0.39, 0.29) is 24.5 Å². The number of aliphatic hydroxyl groups excluding tert-OH is 1. The highest BCUT2D eigenvalue weighted by molar-refractivity contribution is 5.92. The van der Waals surface area contributed by atoms with Crippen molar-refractivity contribution in [2.24, 2.45) is 0 Å². The molecule has 3 N–H and O–H groups in total. The van der Waals surface area contributed by atoms with Gasteiger partial charge < -0.3 is 15.5 Å². The second-order valence-corrected chi connectivity index (χ2v) is 2.36. The van der Waals surface area contributed by atoms with Crippen LogP contribution in [0.1, 0.15) is 10.4 Å². The third-order valence-corrected chi connectivity index (χ3v) is 1.44. The summed E-state index contributed by atoms with van der Waals surface area (Å²) in [5, 5.41) is 19.9. The Morgan fingerprint density at radius 2 is 2.38 bits per heavy atom. The van der Waals surface area contributed by atoms with Gasteiger partial charge in [0.15, 0.2) is 0 Å². The molecular formula is C8H10N2O3. The number of nitrogens with zero attached hydrogens (tertiary/aromatic N) is 1. The molecule has 0 aliphatic rings. The summed E-state index contributed by atoms with van der Waals surface area (Å²) in [4.78, 5) is 14.5. The number of hydrogen-bond acceptors (Lipinski definition) is 4. The normalized spacial score (nSPS) is 9.62. The molecule has 0 bridgehead atoms. The molecule has 13 heavy (non-hydrogen) atoms. The molecule has 1 rings (SSSR count). The van der Waals surface area contributed by atoms with Gasteiger partial charge in [0.25, 0.3) is 0 Å². The fourth-order valence-electron chi connectivity index (χ4n) is 0.893. The maximum Gasteiger partial charge on any atom is 0.339 e. The van der Waals surface area contributed by atoms with Gasteiger partial charge >= 0.3 is 5.97 Å². The Kier molecular flexibility index (Phi) is 3.22. The van der Waals surface area contributed by atoms with Crippen molar-refractivity contribution in [3.8, 4) is 0 Å². The smallest absolute Gasteiger partial charge is 0.339 e. The highest BCUT2D eigenvalue weighted by atomic mass is 16.4. The van der Waals surface area contributed by atoms with Gasteiger partial charge in [0, 0.05) is 12.7 Å². The molecule has 0 amide bonds. The second kappa shape index (κ2) is 4.42. The lowest BCUT2D eigenvalue weighted by atomic mass is 10.2. The van der Waals surface area contributed by atoms with Gasteiger partial charge in [0.05, 0.1) is 6.61 Å². The van der Waals surface area contributed by atoms with Crippen LogP contribution in [0, 0.1) is 0 Å². The highest BCUT2D eigenvalue weighted by Gasteiger charge is 2.08. The molecule has 5 nitrogen and oxygen atoms in total. The van der Waals surface area contributed by atoms with Crippen LogP contribution in [0.3, 0.4) is 0 Å². The number of hydrogen-bond donors (Lipinski definition) is 3. The molecule has 0 spiro atoms. The summed E-state index contributed by atoms with van der Waals surface area (Å²) in [5.74, 6) is -0.752. The predicted molar refractivity (Wildman–Crippen MR) is 46.8 cm³/mol. The number of aromatic carboxylic acids is 1. The van der Waals surface area contributed by atoms with Crippen LogP contribution in [0.5, 0.6) is 0 Å². The van der Waals surface area contributed by atoms with Crippen molar-refractivity contribution >= 4 is 11.8 Å². The second-order valence-electron chi connectivity index (χ2n) is 2.36. The first-order chi connectivity index (χ1) is 6.25. The van der Waals surface area contributed by atoms with E-state index in [1.807, 2.05) is 0 Å². The molecule has 0 aromatic carbocycles. The lowest BCUT2D eigenvalue weighted by Crippen LogP contribution is -2.11. The summed E-state index contributed by atoms with van der Waals surface area (Å²) >= 11 is 0. The monoisotopic (exact) mass is 182 g/mol. The Morgan fingerprint density at radius 3 is 3.00 bits per heavy atom. The van der Waals surface area contributed by atoms with Gasteiger partial charge in [-0.05, 0) is 12.1 Å². The number of anilines is 1. The first kappa shape index (κ1) is 9.47. The van der Waals surface area contributed by atoms with Crippen molar-refractivity contribution in [2.75, 3.05) is 18.5 Å². The average Bonchev–Trinajstić information content (AvgIpc) is 2.15. The molecule has 0 atom stereocenters. The molecule has 0 saturated carbocycles. The Labute approximate surface area is 75.0 Å². The van der Waals surface area contributed by atoms with Gasteiger partial charge in [-0.1, -0.05) is 0 Å². The molecular weight excluding hydrogens is 172 g/mol. The van der Waals surface area contributed by atoms with Crippen LogP contribution in [0.25, 0.3) is 0 Å². The van der Waals surface area contributed by atoms with E-state index in [2.05, 4.69) is 10.3 Å². The number of carboxylic acid groups (broad SMARTS) is 1. The van der Waals surface area contributed by atoms with Gasteiger partial charge in [-0.2, -0.15) is 0 Å². The molecule has 1 heterocycles. The number of pyridine rings is 1. The molecule has 1 aromatic rings. The molecule has 0 aliphatic carbocycles. The molecule has 0 saturated heterocycles. The van der Waals surface area contributed by atoms with E-state index < -0.39 is 5.97 Å². The molecule has 1 aromatic heterocycles. The van der Waals surface area contributed by atoms with E-state index in [0.717, 1.165) is 0 Å². The number of carboxylic acids is 1. The third kappa shape index (κ3) is 2.41. The summed E-state index contributed by atoms with van der Waals surface area (Å²) in [5.41, 5.74) is 0.107. The minimum atomic E-state index is -1.03. The van der Waals surface area contributed by atoms with Crippen LogP contribution in [-0.4, -0.2) is 34.3 Å². The van der Waals surface area contributed by atoms with Crippen molar-refractivity contribution in [3.05, 3.63) is 23.9 Å². The molecule has 0 aliphatic heterocycles. The van der Waals surface area contributed by atoms with Crippen LogP contribution in [0.15, 0.2) is 18.3 Å². The standard InChI is InChI=1S/C8H10N2O3/c11-5-4-10-7-6(8(12)13)2-1-3-9-7/h1-3,11H,4-5H2,(H,9,10)(H,12,13). The minimum absolute atomic E-state index is 0.0599. The number of aliphatic hydroxyl groups is 1. The Hall–Kier alpha value is -1.62. The fraction of sp³-hybridized carbons (Fsp3) is 0.250. The maximum atomic E-state index is 10.6. The number of aromatic nitrogens is 1. The summed E-state index contributed by atoms with van der Waals surface area (Å²) in [6.45, 7) is 0.229. The SMILES string of the molecule is O=C(O)c1cccnc1NCCO. The van der Waals surface area contributed by atoms with Crippen LogP contribution in [0.2, 0.25) is 0 Å². The minimum Gasteiger partial charge on any atom is -0.478 e. The van der Waals surface area contributed by atoms with Crippen LogP contribution < -0.4 is 5.32 Å². The summed E-state index contributed by atoms with van der Waals surface area (Å²) in [6, 6.07) is 3.00. The van der Waals surface area contributed by atoms with Gasteiger partial charge in [-0.25, -0.2) is 9.78 Å². The Morgan fingerprint density at radius 1 is 1.62 bits per heavy atom. The van der Waals surface area contributed by atoms with Crippen LogP contribution >= 0.6 is 0 Å². The van der Waals surface area contributed by atoms with Crippen molar-refractivity contribution < 1.29 is 15.0 Å². The molecule has 0 radical (unpaired) electrons. The van der Waals surface area contributed by atoms with Gasteiger partial charge in [0.2, 0.25) is 0 Å². The van der Waals surface area contributed by atoms with Crippen molar-refractivity contribution in [3.63, 3.8) is 0 Å². The Balaban J connectivity index is 2.84. The summed E-state index contributed by atoms with van der Waals surface area (Å²) in [6.07, 6.45) is 1.49. The third-order valence-electron chi connectivity index (χ3n) is 1.44. The van der Waals surface area contributed by atoms with E-state index >= 15 is 0 Å². The van der Waals surface area contributed by atoms with E-state index in [1.165, 1.54) is 12.3 Å². The van der Waals surface area contributed by atoms with Gasteiger partial charge in [-0.3, -0.25) is 0 Å². The quantitative estimate of drug-likeness (QED) is 0.619.